The number of allylic oxidation sites excluding steroid dienone is 4. The van der Waals surface area contributed by atoms with E-state index in [9.17, 15) is 4.79 Å². The van der Waals surface area contributed by atoms with Crippen molar-refractivity contribution in [2.45, 2.75) is 25.7 Å². The molecule has 3 aliphatic rings. The fourth-order valence-corrected chi connectivity index (χ4v) is 3.07. The zero-order chi connectivity index (χ0) is 16.8. The van der Waals surface area contributed by atoms with Gasteiger partial charge in [0.1, 0.15) is 6.26 Å². The van der Waals surface area contributed by atoms with E-state index in [4.69, 9.17) is 15.2 Å². The van der Waals surface area contributed by atoms with Crippen LogP contribution < -0.4 is 5.73 Å². The molecule has 0 spiro atoms. The number of hydrogen-bond acceptors (Lipinski definition) is 5. The number of carbonyl (C=O) groups is 1. The number of amides is 1. The van der Waals surface area contributed by atoms with E-state index < -0.39 is 0 Å². The summed E-state index contributed by atoms with van der Waals surface area (Å²) < 4.78 is 11.6. The Morgan fingerprint density at radius 3 is 2.75 bits per heavy atom. The molecule has 6 heteroatoms. The molecule has 2 heterocycles. The summed E-state index contributed by atoms with van der Waals surface area (Å²) in [5, 5.41) is 0. The average molecular weight is 331 g/mol. The molecule has 0 saturated carbocycles. The summed E-state index contributed by atoms with van der Waals surface area (Å²) in [5.41, 5.74) is 6.36. The summed E-state index contributed by atoms with van der Waals surface area (Å²) in [7, 11) is 0. The van der Waals surface area contributed by atoms with Gasteiger partial charge in [0.15, 0.2) is 12.0 Å². The van der Waals surface area contributed by atoms with Gasteiger partial charge in [0.2, 0.25) is 11.8 Å². The van der Waals surface area contributed by atoms with Crippen LogP contribution in [0, 0.1) is 0 Å². The number of carbonyl (C=O) groups excluding carboxylic acids is 1. The zero-order valence-electron chi connectivity index (χ0n) is 13.9. The fourth-order valence-electron chi connectivity index (χ4n) is 3.07. The van der Waals surface area contributed by atoms with Gasteiger partial charge in [-0.1, -0.05) is 18.2 Å². The Labute approximate surface area is 142 Å². The number of ether oxygens (including phenoxy) is 2. The first-order valence-electron chi connectivity index (χ1n) is 8.58. The summed E-state index contributed by atoms with van der Waals surface area (Å²) in [4.78, 5) is 15.4. The number of rotatable bonds is 6. The van der Waals surface area contributed by atoms with E-state index >= 15 is 0 Å². The molecule has 1 aliphatic carbocycles. The van der Waals surface area contributed by atoms with E-state index in [1.54, 1.807) is 12.5 Å². The Hall–Kier alpha value is -2.21. The normalized spacial score (nSPS) is 21.3. The van der Waals surface area contributed by atoms with E-state index in [0.29, 0.717) is 6.42 Å². The summed E-state index contributed by atoms with van der Waals surface area (Å²) in [6.45, 7) is 4.58. The maximum absolute atomic E-state index is 10.8. The number of primary amides is 1. The van der Waals surface area contributed by atoms with E-state index in [0.717, 1.165) is 63.6 Å². The monoisotopic (exact) mass is 331 g/mol. The lowest BCUT2D eigenvalue weighted by Crippen LogP contribution is -2.46. The third-order valence-corrected chi connectivity index (χ3v) is 4.47. The van der Waals surface area contributed by atoms with Crippen molar-refractivity contribution in [1.29, 1.82) is 0 Å². The number of hydrogen-bond donors (Lipinski definition) is 1. The molecular formula is C18H25N3O3. The lowest BCUT2D eigenvalue weighted by Gasteiger charge is -2.37. The van der Waals surface area contributed by atoms with Crippen molar-refractivity contribution < 1.29 is 14.3 Å². The predicted molar refractivity (Wildman–Crippen MR) is 91.2 cm³/mol. The minimum atomic E-state index is -0.224. The van der Waals surface area contributed by atoms with Crippen LogP contribution in [-0.4, -0.2) is 48.4 Å². The molecule has 0 aromatic rings. The third kappa shape index (κ3) is 4.41. The van der Waals surface area contributed by atoms with Crippen LogP contribution in [0.2, 0.25) is 0 Å². The Balaban J connectivity index is 1.46. The largest absolute Gasteiger partial charge is 0.463 e. The quantitative estimate of drug-likeness (QED) is 0.804. The second-order valence-corrected chi connectivity index (χ2v) is 6.23. The fraction of sp³-hybridized carbons (Fsp3) is 0.500. The van der Waals surface area contributed by atoms with E-state index in [2.05, 4.69) is 28.0 Å². The van der Waals surface area contributed by atoms with Gasteiger partial charge in [0.25, 0.3) is 0 Å². The summed E-state index contributed by atoms with van der Waals surface area (Å²) in [6.07, 6.45) is 12.9. The van der Waals surface area contributed by atoms with Crippen molar-refractivity contribution in [3.8, 4) is 0 Å². The van der Waals surface area contributed by atoms with Crippen LogP contribution in [0.15, 0.2) is 48.0 Å². The SMILES string of the molecule is NC(=O)CCCN1CCN(C2=COC=C(C3=CC=CCC3)O2)CC1. The molecule has 0 aromatic heterocycles. The molecule has 0 bridgehead atoms. The van der Waals surface area contributed by atoms with Gasteiger partial charge in [-0.15, -0.1) is 0 Å². The standard InChI is InChI=1S/C18H25N3O3/c19-17(22)7-4-8-20-9-11-21(12-10-20)18-14-23-13-16(24-18)15-5-2-1-3-6-15/h1-2,5,13-14H,3-4,6-12H2,(H2,19,22). The van der Waals surface area contributed by atoms with Gasteiger partial charge in [0.05, 0.1) is 0 Å². The number of piperazine rings is 1. The third-order valence-electron chi connectivity index (χ3n) is 4.47. The van der Waals surface area contributed by atoms with Gasteiger partial charge in [0, 0.05) is 32.6 Å². The maximum Gasteiger partial charge on any atom is 0.231 e. The topological polar surface area (TPSA) is 68.0 Å². The Morgan fingerprint density at radius 1 is 1.21 bits per heavy atom. The minimum Gasteiger partial charge on any atom is -0.463 e. The molecule has 0 aromatic carbocycles. The van der Waals surface area contributed by atoms with E-state index in [1.165, 1.54) is 5.57 Å². The first-order chi connectivity index (χ1) is 11.7. The van der Waals surface area contributed by atoms with Crippen molar-refractivity contribution in [3.05, 3.63) is 48.0 Å². The molecule has 3 rings (SSSR count). The molecule has 130 valence electrons. The molecule has 1 fully saturated rings. The lowest BCUT2D eigenvalue weighted by molar-refractivity contribution is -0.118. The first-order valence-corrected chi connectivity index (χ1v) is 8.58. The van der Waals surface area contributed by atoms with Crippen molar-refractivity contribution in [2.75, 3.05) is 32.7 Å². The molecule has 6 nitrogen and oxygen atoms in total. The highest BCUT2D eigenvalue weighted by molar-refractivity contribution is 5.73. The van der Waals surface area contributed by atoms with Gasteiger partial charge in [-0.25, -0.2) is 0 Å². The van der Waals surface area contributed by atoms with Gasteiger partial charge < -0.3 is 20.1 Å². The number of nitrogens with two attached hydrogens (primary N) is 1. The van der Waals surface area contributed by atoms with E-state index in [1.807, 2.05) is 0 Å². The highest BCUT2D eigenvalue weighted by atomic mass is 16.6. The van der Waals surface area contributed by atoms with Crippen molar-refractivity contribution in [1.82, 2.24) is 9.80 Å². The minimum absolute atomic E-state index is 0.224. The van der Waals surface area contributed by atoms with Gasteiger partial charge in [-0.3, -0.25) is 9.69 Å². The second kappa shape index (κ2) is 8.06. The van der Waals surface area contributed by atoms with Crippen LogP contribution in [0.5, 0.6) is 0 Å². The molecule has 2 N–H and O–H groups in total. The lowest BCUT2D eigenvalue weighted by atomic mass is 10.0. The van der Waals surface area contributed by atoms with Crippen LogP contribution >= 0.6 is 0 Å². The van der Waals surface area contributed by atoms with Gasteiger partial charge in [-0.2, -0.15) is 0 Å². The van der Waals surface area contributed by atoms with Crippen LogP contribution in [0.1, 0.15) is 25.7 Å². The Morgan fingerprint density at radius 2 is 2.04 bits per heavy atom. The smallest absolute Gasteiger partial charge is 0.231 e. The summed E-state index contributed by atoms with van der Waals surface area (Å²) in [6, 6.07) is 0. The van der Waals surface area contributed by atoms with Crippen molar-refractivity contribution in [2.24, 2.45) is 5.73 Å². The highest BCUT2D eigenvalue weighted by Crippen LogP contribution is 2.27. The highest BCUT2D eigenvalue weighted by Gasteiger charge is 2.23. The molecule has 0 atom stereocenters. The average Bonchev–Trinajstić information content (AvgIpc) is 2.63. The molecular weight excluding hydrogens is 306 g/mol. The van der Waals surface area contributed by atoms with E-state index in [-0.39, 0.29) is 5.91 Å². The second-order valence-electron chi connectivity index (χ2n) is 6.23. The molecule has 2 aliphatic heterocycles. The zero-order valence-corrected chi connectivity index (χ0v) is 13.9. The molecule has 24 heavy (non-hydrogen) atoms. The summed E-state index contributed by atoms with van der Waals surface area (Å²) in [5.74, 6) is 1.36. The number of nitrogens with zero attached hydrogens (tertiary/aromatic N) is 2. The first kappa shape index (κ1) is 16.6. The summed E-state index contributed by atoms with van der Waals surface area (Å²) >= 11 is 0. The van der Waals surface area contributed by atoms with Crippen LogP contribution in [0.4, 0.5) is 0 Å². The van der Waals surface area contributed by atoms with Crippen LogP contribution in [0.3, 0.4) is 0 Å². The maximum atomic E-state index is 10.8. The predicted octanol–water partition coefficient (Wildman–Crippen LogP) is 1.83. The van der Waals surface area contributed by atoms with Crippen LogP contribution in [-0.2, 0) is 14.3 Å². The Bertz CT molecular complexity index is 584. The molecule has 1 saturated heterocycles. The molecule has 0 radical (unpaired) electrons. The van der Waals surface area contributed by atoms with Gasteiger partial charge in [-0.05, 0) is 31.4 Å². The van der Waals surface area contributed by atoms with Crippen molar-refractivity contribution in [3.63, 3.8) is 0 Å². The van der Waals surface area contributed by atoms with Crippen LogP contribution in [0.25, 0.3) is 0 Å². The van der Waals surface area contributed by atoms with Crippen molar-refractivity contribution >= 4 is 5.91 Å². The molecule has 1 amide bonds. The Kier molecular flexibility index (Phi) is 5.59. The van der Waals surface area contributed by atoms with Gasteiger partial charge >= 0.3 is 0 Å². The molecule has 0 unspecified atom stereocenters.